The number of nitrogens with zero attached hydrogens (tertiary/aromatic N) is 3. The van der Waals surface area contributed by atoms with Gasteiger partial charge in [0, 0.05) is 6.20 Å². The van der Waals surface area contributed by atoms with Crippen LogP contribution in [-0.2, 0) is 0 Å². The molecule has 24 heavy (non-hydrogen) atoms. The molecule has 8 heteroatoms. The SMILES string of the molecule is COc1cc(/C=N/NC(=O)c2nc3nccc(C)c3[nH]2)ccc1O. The number of imidazole rings is 1. The molecule has 0 saturated carbocycles. The molecule has 8 nitrogen and oxygen atoms in total. The Balaban J connectivity index is 1.73. The number of hydrogen-bond donors (Lipinski definition) is 3. The highest BCUT2D eigenvalue weighted by molar-refractivity contribution is 5.94. The van der Waals surface area contributed by atoms with Crippen LogP contribution >= 0.6 is 0 Å². The van der Waals surface area contributed by atoms with Crippen LogP contribution in [0.15, 0.2) is 35.6 Å². The fourth-order valence-electron chi connectivity index (χ4n) is 2.14. The number of methoxy groups -OCH3 is 1. The van der Waals surface area contributed by atoms with Crippen molar-refractivity contribution in [3.8, 4) is 11.5 Å². The number of ether oxygens (including phenoxy) is 1. The largest absolute Gasteiger partial charge is 0.504 e. The molecule has 1 aromatic carbocycles. The number of nitrogens with one attached hydrogen (secondary N) is 2. The zero-order valence-electron chi connectivity index (χ0n) is 13.1. The molecule has 0 aliphatic rings. The van der Waals surface area contributed by atoms with Gasteiger partial charge in [0.2, 0.25) is 5.82 Å². The monoisotopic (exact) mass is 325 g/mol. The summed E-state index contributed by atoms with van der Waals surface area (Å²) < 4.78 is 5.01. The van der Waals surface area contributed by atoms with Crippen molar-refractivity contribution in [1.82, 2.24) is 20.4 Å². The van der Waals surface area contributed by atoms with Crippen molar-refractivity contribution in [2.24, 2.45) is 5.10 Å². The molecule has 0 radical (unpaired) electrons. The second kappa shape index (κ2) is 6.37. The van der Waals surface area contributed by atoms with Crippen molar-refractivity contribution >= 4 is 23.3 Å². The minimum absolute atomic E-state index is 0.0313. The van der Waals surface area contributed by atoms with Crippen LogP contribution in [0.4, 0.5) is 0 Å². The lowest BCUT2D eigenvalue weighted by molar-refractivity contribution is 0.0946. The molecule has 2 heterocycles. The summed E-state index contributed by atoms with van der Waals surface area (Å²) in [6, 6.07) is 6.55. The molecular weight excluding hydrogens is 310 g/mol. The molecular formula is C16H15N5O3. The van der Waals surface area contributed by atoms with Crippen LogP contribution in [0, 0.1) is 6.92 Å². The number of phenolic OH excluding ortho intramolecular Hbond substituents is 1. The Morgan fingerprint density at radius 3 is 3.00 bits per heavy atom. The minimum atomic E-state index is -0.477. The smallest absolute Gasteiger partial charge is 0.307 e. The number of carbonyl (C=O) groups excluding carboxylic acids is 1. The number of phenols is 1. The van der Waals surface area contributed by atoms with Crippen LogP contribution < -0.4 is 10.2 Å². The highest BCUT2D eigenvalue weighted by Crippen LogP contribution is 2.25. The van der Waals surface area contributed by atoms with Crippen LogP contribution in [0.25, 0.3) is 11.2 Å². The second-order valence-electron chi connectivity index (χ2n) is 5.04. The van der Waals surface area contributed by atoms with Crippen molar-refractivity contribution in [3.05, 3.63) is 47.4 Å². The first-order valence-electron chi connectivity index (χ1n) is 7.10. The Bertz CT molecular complexity index is 933. The maximum absolute atomic E-state index is 12.1. The molecule has 0 atom stereocenters. The molecule has 0 spiro atoms. The summed E-state index contributed by atoms with van der Waals surface area (Å²) in [6.07, 6.45) is 3.07. The van der Waals surface area contributed by atoms with Crippen LogP contribution in [0.1, 0.15) is 21.7 Å². The van der Waals surface area contributed by atoms with Gasteiger partial charge in [-0.15, -0.1) is 0 Å². The van der Waals surface area contributed by atoms with Crippen LogP contribution in [0.5, 0.6) is 11.5 Å². The lowest BCUT2D eigenvalue weighted by atomic mass is 10.2. The van der Waals surface area contributed by atoms with Gasteiger partial charge in [0.15, 0.2) is 17.1 Å². The van der Waals surface area contributed by atoms with E-state index < -0.39 is 5.91 Å². The number of hydrogen-bond acceptors (Lipinski definition) is 6. The molecule has 0 saturated heterocycles. The van der Waals surface area contributed by atoms with E-state index in [1.165, 1.54) is 19.4 Å². The standard InChI is InChI=1S/C16H15N5O3/c1-9-5-6-17-14-13(9)19-15(20-14)16(23)21-18-8-10-3-4-11(22)12(7-10)24-2/h3-8,22H,1-2H3,(H,21,23)(H,17,19,20)/b18-8+. The molecule has 0 bridgehead atoms. The predicted octanol–water partition coefficient (Wildman–Crippen LogP) is 1.74. The Labute approximate surface area is 137 Å². The van der Waals surface area contributed by atoms with E-state index in [1.54, 1.807) is 18.3 Å². The first kappa shape index (κ1) is 15.5. The van der Waals surface area contributed by atoms with Crippen molar-refractivity contribution in [2.75, 3.05) is 7.11 Å². The number of aromatic amines is 1. The van der Waals surface area contributed by atoms with Gasteiger partial charge in [-0.2, -0.15) is 5.10 Å². The van der Waals surface area contributed by atoms with Crippen molar-refractivity contribution in [2.45, 2.75) is 6.92 Å². The number of carbonyl (C=O) groups is 1. The summed E-state index contributed by atoms with van der Waals surface area (Å²) >= 11 is 0. The van der Waals surface area contributed by atoms with Gasteiger partial charge in [0.25, 0.3) is 0 Å². The Morgan fingerprint density at radius 1 is 1.42 bits per heavy atom. The number of rotatable bonds is 4. The third kappa shape index (κ3) is 3.02. The zero-order valence-corrected chi connectivity index (χ0v) is 13.1. The van der Waals surface area contributed by atoms with Crippen molar-refractivity contribution in [3.63, 3.8) is 0 Å². The molecule has 0 fully saturated rings. The van der Waals surface area contributed by atoms with Crippen LogP contribution in [0.2, 0.25) is 0 Å². The summed E-state index contributed by atoms with van der Waals surface area (Å²) in [7, 11) is 1.45. The Morgan fingerprint density at radius 2 is 2.25 bits per heavy atom. The second-order valence-corrected chi connectivity index (χ2v) is 5.04. The fraction of sp³-hybridized carbons (Fsp3) is 0.125. The number of fused-ring (bicyclic) bond motifs is 1. The van der Waals surface area contributed by atoms with E-state index in [4.69, 9.17) is 4.74 Å². The number of amides is 1. The van der Waals surface area contributed by atoms with Crippen LogP contribution in [-0.4, -0.2) is 39.3 Å². The fourth-order valence-corrected chi connectivity index (χ4v) is 2.14. The molecule has 3 aromatic rings. The maximum atomic E-state index is 12.1. The summed E-state index contributed by atoms with van der Waals surface area (Å²) in [5, 5.41) is 13.4. The Hall–Kier alpha value is -3.42. The summed E-state index contributed by atoms with van der Waals surface area (Å²) in [5.41, 5.74) is 5.19. The van der Waals surface area contributed by atoms with Crippen molar-refractivity contribution < 1.29 is 14.6 Å². The molecule has 0 aliphatic carbocycles. The number of aromatic nitrogens is 3. The maximum Gasteiger partial charge on any atom is 0.307 e. The Kier molecular flexibility index (Phi) is 4.11. The summed E-state index contributed by atoms with van der Waals surface area (Å²) in [4.78, 5) is 23.2. The zero-order chi connectivity index (χ0) is 17.1. The lowest BCUT2D eigenvalue weighted by Crippen LogP contribution is -2.19. The van der Waals surface area contributed by atoms with Gasteiger partial charge in [-0.25, -0.2) is 15.4 Å². The molecule has 2 aromatic heterocycles. The van der Waals surface area contributed by atoms with E-state index in [1.807, 2.05) is 13.0 Å². The van der Waals surface area contributed by atoms with E-state index in [-0.39, 0.29) is 11.6 Å². The first-order valence-corrected chi connectivity index (χ1v) is 7.10. The number of hydrazone groups is 1. The number of aromatic hydroxyl groups is 1. The average Bonchev–Trinajstić information content (AvgIpc) is 3.02. The highest BCUT2D eigenvalue weighted by Gasteiger charge is 2.12. The van der Waals surface area contributed by atoms with E-state index in [0.29, 0.717) is 17.0 Å². The molecule has 3 rings (SSSR count). The normalized spacial score (nSPS) is 11.1. The van der Waals surface area contributed by atoms with Gasteiger partial charge >= 0.3 is 5.91 Å². The number of benzene rings is 1. The molecule has 0 aliphatic heterocycles. The van der Waals surface area contributed by atoms with Gasteiger partial charge in [0.05, 0.1) is 18.8 Å². The number of pyridine rings is 1. The van der Waals surface area contributed by atoms with Gasteiger partial charge < -0.3 is 14.8 Å². The number of H-pyrrole nitrogens is 1. The van der Waals surface area contributed by atoms with Gasteiger partial charge in [0.1, 0.15) is 0 Å². The molecule has 1 amide bonds. The minimum Gasteiger partial charge on any atom is -0.504 e. The third-order valence-electron chi connectivity index (χ3n) is 3.40. The molecule has 0 unspecified atom stereocenters. The van der Waals surface area contributed by atoms with E-state index >= 15 is 0 Å². The quantitative estimate of drug-likeness (QED) is 0.499. The average molecular weight is 325 g/mol. The van der Waals surface area contributed by atoms with E-state index in [2.05, 4.69) is 25.5 Å². The molecule has 122 valence electrons. The summed E-state index contributed by atoms with van der Waals surface area (Å²) in [5.74, 6) is 0.00886. The van der Waals surface area contributed by atoms with Gasteiger partial charge in [-0.3, -0.25) is 4.79 Å². The highest BCUT2D eigenvalue weighted by atomic mass is 16.5. The third-order valence-corrected chi connectivity index (χ3v) is 3.40. The van der Waals surface area contributed by atoms with E-state index in [9.17, 15) is 9.90 Å². The van der Waals surface area contributed by atoms with Gasteiger partial charge in [-0.1, -0.05) is 0 Å². The van der Waals surface area contributed by atoms with E-state index in [0.717, 1.165) is 11.1 Å². The summed E-state index contributed by atoms with van der Waals surface area (Å²) in [6.45, 7) is 1.90. The predicted molar refractivity (Wildman–Crippen MR) is 88.3 cm³/mol. The van der Waals surface area contributed by atoms with Gasteiger partial charge in [-0.05, 0) is 42.3 Å². The van der Waals surface area contributed by atoms with Crippen LogP contribution in [0.3, 0.4) is 0 Å². The lowest BCUT2D eigenvalue weighted by Gasteiger charge is -2.03. The van der Waals surface area contributed by atoms with Crippen molar-refractivity contribution in [1.29, 1.82) is 0 Å². The molecule has 3 N–H and O–H groups in total. The first-order chi connectivity index (χ1) is 11.6. The topological polar surface area (TPSA) is 112 Å². The number of aryl methyl sites for hydroxylation is 1.